The Kier molecular flexibility index (Phi) is 7.77. The van der Waals surface area contributed by atoms with Crippen LogP contribution in [0.25, 0.3) is 0 Å². The molecule has 0 aromatic heterocycles. The van der Waals surface area contributed by atoms with Crippen LogP contribution in [0.5, 0.6) is 0 Å². The molecule has 9 heteroatoms. The molecule has 9 nitrogen and oxygen atoms in total. The summed E-state index contributed by atoms with van der Waals surface area (Å²) in [6, 6.07) is 6.71. The van der Waals surface area contributed by atoms with E-state index < -0.39 is 24.5 Å². The summed E-state index contributed by atoms with van der Waals surface area (Å²) < 4.78 is 22.2. The number of esters is 1. The molecular weight excluding hydrogens is 406 g/mol. The summed E-state index contributed by atoms with van der Waals surface area (Å²) in [6.45, 7) is 5.72. The van der Waals surface area contributed by atoms with E-state index in [2.05, 4.69) is 0 Å². The fraction of sp³-hybridized carbons (Fsp3) is 0.591. The van der Waals surface area contributed by atoms with Crippen LogP contribution >= 0.6 is 0 Å². The first-order chi connectivity index (χ1) is 14.8. The quantitative estimate of drug-likeness (QED) is 0.352. The van der Waals surface area contributed by atoms with Crippen LogP contribution in [-0.4, -0.2) is 78.8 Å². The summed E-state index contributed by atoms with van der Waals surface area (Å²) in [5, 5.41) is 10.5. The second-order valence-corrected chi connectivity index (χ2v) is 7.67. The van der Waals surface area contributed by atoms with Gasteiger partial charge in [0.05, 0.1) is 43.6 Å². The van der Waals surface area contributed by atoms with Gasteiger partial charge in [0.25, 0.3) is 11.8 Å². The topological polar surface area (TPSA) is 112 Å². The molecule has 1 N–H and O–H groups in total. The van der Waals surface area contributed by atoms with Crippen molar-refractivity contribution in [3.05, 3.63) is 35.4 Å². The number of hydrogen-bond acceptors (Lipinski definition) is 8. The Morgan fingerprint density at radius 1 is 1.13 bits per heavy atom. The van der Waals surface area contributed by atoms with Crippen molar-refractivity contribution in [3.8, 4) is 0 Å². The minimum Gasteiger partial charge on any atom is -0.459 e. The Morgan fingerprint density at radius 3 is 2.35 bits per heavy atom. The van der Waals surface area contributed by atoms with Crippen molar-refractivity contribution in [2.45, 2.75) is 51.8 Å². The van der Waals surface area contributed by atoms with Gasteiger partial charge in [-0.2, -0.15) is 0 Å². The van der Waals surface area contributed by atoms with E-state index in [0.717, 1.165) is 4.90 Å². The van der Waals surface area contributed by atoms with Gasteiger partial charge in [-0.3, -0.25) is 19.3 Å². The normalized spacial score (nSPS) is 28.0. The summed E-state index contributed by atoms with van der Waals surface area (Å²) in [6.07, 6.45) is -2.30. The average Bonchev–Trinajstić information content (AvgIpc) is 2.99. The van der Waals surface area contributed by atoms with Gasteiger partial charge in [0.1, 0.15) is 12.2 Å². The van der Waals surface area contributed by atoms with Gasteiger partial charge in [0, 0.05) is 12.8 Å². The van der Waals surface area contributed by atoms with E-state index >= 15 is 0 Å². The Labute approximate surface area is 181 Å². The van der Waals surface area contributed by atoms with Crippen molar-refractivity contribution in [1.29, 1.82) is 0 Å². The molecule has 2 aliphatic heterocycles. The minimum absolute atomic E-state index is 0.126. The Bertz CT molecular complexity index is 777. The molecule has 3 rings (SSSR count). The largest absolute Gasteiger partial charge is 0.459 e. The van der Waals surface area contributed by atoms with Gasteiger partial charge in [-0.1, -0.05) is 26.0 Å². The van der Waals surface area contributed by atoms with Gasteiger partial charge in [-0.25, -0.2) is 0 Å². The fourth-order valence-corrected chi connectivity index (χ4v) is 3.95. The molecular formula is C22H29NO8. The third kappa shape index (κ3) is 5.12. The van der Waals surface area contributed by atoms with E-state index in [4.69, 9.17) is 18.9 Å². The lowest BCUT2D eigenvalue weighted by molar-refractivity contribution is -0.288. The van der Waals surface area contributed by atoms with Crippen LogP contribution in [0.15, 0.2) is 24.3 Å². The molecule has 1 fully saturated rings. The van der Waals surface area contributed by atoms with E-state index in [-0.39, 0.29) is 50.2 Å². The van der Waals surface area contributed by atoms with Crippen molar-refractivity contribution >= 4 is 17.8 Å². The molecule has 5 atom stereocenters. The van der Waals surface area contributed by atoms with Crippen molar-refractivity contribution in [2.75, 3.05) is 26.4 Å². The lowest BCUT2D eigenvalue weighted by Gasteiger charge is -2.42. The summed E-state index contributed by atoms with van der Waals surface area (Å²) >= 11 is 0. The molecule has 0 spiro atoms. The Balaban J connectivity index is 1.42. The number of nitrogens with zero attached hydrogens (tertiary/aromatic N) is 1. The monoisotopic (exact) mass is 435 g/mol. The molecule has 0 aliphatic carbocycles. The van der Waals surface area contributed by atoms with E-state index in [1.54, 1.807) is 24.3 Å². The number of hydrogen-bond donors (Lipinski definition) is 1. The fourth-order valence-electron chi connectivity index (χ4n) is 3.95. The van der Waals surface area contributed by atoms with Gasteiger partial charge in [0.15, 0.2) is 6.29 Å². The number of rotatable bonds is 9. The molecule has 0 radical (unpaired) electrons. The number of aliphatic hydroxyl groups is 1. The molecule has 1 aromatic rings. The first kappa shape index (κ1) is 23.3. The van der Waals surface area contributed by atoms with Crippen molar-refractivity contribution < 1.29 is 38.4 Å². The van der Waals surface area contributed by atoms with Crippen LogP contribution in [0.3, 0.4) is 0 Å². The maximum absolute atomic E-state index is 12.3. The first-order valence-corrected chi connectivity index (χ1v) is 10.5. The van der Waals surface area contributed by atoms with Crippen molar-refractivity contribution in [3.63, 3.8) is 0 Å². The van der Waals surface area contributed by atoms with Gasteiger partial charge in [0.2, 0.25) is 0 Å². The molecule has 1 aromatic carbocycles. The summed E-state index contributed by atoms with van der Waals surface area (Å²) in [5.74, 6) is -1.28. The highest BCUT2D eigenvalue weighted by atomic mass is 16.7. The number of aliphatic hydroxyl groups excluding tert-OH is 1. The first-order valence-electron chi connectivity index (χ1n) is 10.5. The van der Waals surface area contributed by atoms with Crippen LogP contribution in [0.2, 0.25) is 0 Å². The van der Waals surface area contributed by atoms with Gasteiger partial charge in [-0.15, -0.1) is 0 Å². The highest BCUT2D eigenvalue weighted by Crippen LogP contribution is 2.30. The van der Waals surface area contributed by atoms with Crippen LogP contribution in [0, 0.1) is 5.92 Å². The molecule has 31 heavy (non-hydrogen) atoms. The Morgan fingerprint density at radius 2 is 1.77 bits per heavy atom. The number of carbonyl (C=O) groups excluding carboxylic acids is 3. The highest BCUT2D eigenvalue weighted by molar-refractivity contribution is 6.21. The zero-order chi connectivity index (χ0) is 22.5. The maximum atomic E-state index is 12.3. The number of carbonyl (C=O) groups is 3. The van der Waals surface area contributed by atoms with E-state index in [9.17, 15) is 19.5 Å². The summed E-state index contributed by atoms with van der Waals surface area (Å²) in [4.78, 5) is 37.2. The molecule has 170 valence electrons. The van der Waals surface area contributed by atoms with E-state index in [0.29, 0.717) is 17.5 Å². The smallest absolute Gasteiger partial charge is 0.303 e. The van der Waals surface area contributed by atoms with Gasteiger partial charge >= 0.3 is 5.97 Å². The van der Waals surface area contributed by atoms with E-state index in [1.165, 1.54) is 6.92 Å². The van der Waals surface area contributed by atoms with Crippen LogP contribution in [0.1, 0.15) is 47.9 Å². The molecule has 0 bridgehead atoms. The van der Waals surface area contributed by atoms with Gasteiger partial charge in [-0.05, 0) is 18.6 Å². The van der Waals surface area contributed by atoms with Crippen LogP contribution in [-0.2, 0) is 23.7 Å². The number of ether oxygens (including phenoxy) is 4. The molecule has 0 saturated carbocycles. The standard InChI is InChI=1S/C22H29NO8/c1-4-17-13(2)19(30-14(3)24)18(25)22(31-17)29-12-11-28-10-9-23-20(26)15-7-5-6-8-16(15)21(23)27/h5-8,13,17-19,22,25H,4,9-12H2,1-3H3/t13-,17-,18+,19+,22+/m1/s1. The van der Waals surface area contributed by atoms with Crippen molar-refractivity contribution in [1.82, 2.24) is 4.90 Å². The molecule has 2 heterocycles. The highest BCUT2D eigenvalue weighted by Gasteiger charge is 2.44. The molecule has 2 aliphatic rings. The maximum Gasteiger partial charge on any atom is 0.303 e. The van der Waals surface area contributed by atoms with E-state index in [1.807, 2.05) is 13.8 Å². The minimum atomic E-state index is -1.11. The summed E-state index contributed by atoms with van der Waals surface area (Å²) in [5.41, 5.74) is 0.808. The van der Waals surface area contributed by atoms with Gasteiger partial charge < -0.3 is 24.1 Å². The zero-order valence-electron chi connectivity index (χ0n) is 18.0. The second kappa shape index (κ2) is 10.3. The zero-order valence-corrected chi connectivity index (χ0v) is 18.0. The SMILES string of the molecule is CC[C@H]1O[C@H](OCCOCCN2C(=O)c3ccccc3C2=O)[C@@H](O)[C@@H](OC(C)=O)[C@@H]1C. The second-order valence-electron chi connectivity index (χ2n) is 7.67. The number of amides is 2. The Hall–Kier alpha value is -2.33. The molecule has 1 saturated heterocycles. The third-order valence-electron chi connectivity index (χ3n) is 5.58. The average molecular weight is 435 g/mol. The number of benzene rings is 1. The van der Waals surface area contributed by atoms with Crippen LogP contribution < -0.4 is 0 Å². The number of fused-ring (bicyclic) bond motifs is 1. The summed E-state index contributed by atoms with van der Waals surface area (Å²) in [7, 11) is 0. The third-order valence-corrected chi connectivity index (χ3v) is 5.58. The predicted molar refractivity (Wildman–Crippen MR) is 108 cm³/mol. The number of imide groups is 1. The molecule has 2 amide bonds. The molecule has 0 unspecified atom stereocenters. The van der Waals surface area contributed by atoms with Crippen molar-refractivity contribution in [2.24, 2.45) is 5.92 Å². The lowest BCUT2D eigenvalue weighted by Crippen LogP contribution is -2.55. The van der Waals surface area contributed by atoms with Crippen LogP contribution in [0.4, 0.5) is 0 Å². The predicted octanol–water partition coefficient (Wildman–Crippen LogP) is 1.38. The lowest BCUT2D eigenvalue weighted by atomic mass is 9.89.